The smallest absolute Gasteiger partial charge is 0.320 e. The van der Waals surface area contributed by atoms with E-state index in [1.807, 2.05) is 0 Å². The summed E-state index contributed by atoms with van der Waals surface area (Å²) in [6, 6.07) is 0. The van der Waals surface area contributed by atoms with Gasteiger partial charge in [-0.25, -0.2) is 0 Å². The summed E-state index contributed by atoms with van der Waals surface area (Å²) in [6.45, 7) is 0. The van der Waals surface area contributed by atoms with E-state index in [1.165, 1.54) is 0 Å². The summed E-state index contributed by atoms with van der Waals surface area (Å²) in [6.07, 6.45) is 4.12. The van der Waals surface area contributed by atoms with Gasteiger partial charge in [-0.05, 0) is 6.42 Å². The van der Waals surface area contributed by atoms with E-state index in [-0.39, 0.29) is 11.8 Å². The van der Waals surface area contributed by atoms with E-state index >= 15 is 0 Å². The summed E-state index contributed by atoms with van der Waals surface area (Å²) < 4.78 is 4.43. The maximum Gasteiger partial charge on any atom is 0.320 e. The standard InChI is InChI=1S/C7H6O3/c8-6-4-1-2-5(3-4)7(9)10-6/h1-2,4-5H,3H2. The molecule has 1 fully saturated rings. The normalized spacial score (nSPS) is 36.4. The van der Waals surface area contributed by atoms with Crippen molar-refractivity contribution < 1.29 is 14.3 Å². The molecule has 2 atom stereocenters. The van der Waals surface area contributed by atoms with Crippen LogP contribution in [-0.2, 0) is 14.3 Å². The average molecular weight is 138 g/mol. The molecule has 0 amide bonds. The van der Waals surface area contributed by atoms with Crippen molar-refractivity contribution in [3.63, 3.8) is 0 Å². The van der Waals surface area contributed by atoms with Crippen LogP contribution in [0.5, 0.6) is 0 Å². The molecule has 0 aromatic carbocycles. The number of esters is 2. The van der Waals surface area contributed by atoms with Gasteiger partial charge < -0.3 is 4.74 Å². The molecular weight excluding hydrogens is 132 g/mol. The van der Waals surface area contributed by atoms with Gasteiger partial charge in [-0.15, -0.1) is 0 Å². The lowest BCUT2D eigenvalue weighted by atomic mass is 10.0. The highest BCUT2D eigenvalue weighted by Gasteiger charge is 2.38. The van der Waals surface area contributed by atoms with Gasteiger partial charge in [0.1, 0.15) is 0 Å². The minimum atomic E-state index is -0.394. The van der Waals surface area contributed by atoms with Gasteiger partial charge in [0.05, 0.1) is 11.8 Å². The molecule has 2 unspecified atom stereocenters. The van der Waals surface area contributed by atoms with Crippen LogP contribution in [0.2, 0.25) is 0 Å². The SMILES string of the molecule is O=C1OC(=O)C2C=CC1C2. The van der Waals surface area contributed by atoms with Crippen molar-refractivity contribution >= 4 is 11.9 Å². The predicted octanol–water partition coefficient (Wildman–Crippen LogP) is 0.262. The van der Waals surface area contributed by atoms with Crippen molar-refractivity contribution in [1.82, 2.24) is 0 Å². The van der Waals surface area contributed by atoms with E-state index in [4.69, 9.17) is 0 Å². The van der Waals surface area contributed by atoms with Gasteiger partial charge >= 0.3 is 11.9 Å². The molecule has 0 saturated carbocycles. The number of cyclic esters (lactones) is 2. The number of ether oxygens (including phenoxy) is 1. The lowest BCUT2D eigenvalue weighted by Crippen LogP contribution is -2.29. The molecule has 1 aliphatic heterocycles. The molecular formula is C7H6O3. The third kappa shape index (κ3) is 0.602. The number of carbonyl (C=O) groups excluding carboxylic acids is 2. The summed E-state index contributed by atoms with van der Waals surface area (Å²) in [5, 5.41) is 0. The van der Waals surface area contributed by atoms with Crippen LogP contribution in [0.4, 0.5) is 0 Å². The zero-order chi connectivity index (χ0) is 7.14. The van der Waals surface area contributed by atoms with Crippen LogP contribution in [0, 0.1) is 11.8 Å². The summed E-state index contributed by atoms with van der Waals surface area (Å²) >= 11 is 0. The summed E-state index contributed by atoms with van der Waals surface area (Å²) in [7, 11) is 0. The molecule has 0 N–H and O–H groups in total. The molecule has 52 valence electrons. The first-order chi connectivity index (χ1) is 4.77. The summed E-state index contributed by atoms with van der Waals surface area (Å²) in [5.74, 6) is -1.09. The second-order valence-corrected chi connectivity index (χ2v) is 2.57. The van der Waals surface area contributed by atoms with Crippen LogP contribution < -0.4 is 0 Å². The fourth-order valence-corrected chi connectivity index (χ4v) is 1.30. The predicted molar refractivity (Wildman–Crippen MR) is 31.8 cm³/mol. The Kier molecular flexibility index (Phi) is 0.952. The van der Waals surface area contributed by atoms with E-state index in [0.717, 1.165) is 0 Å². The first-order valence-corrected chi connectivity index (χ1v) is 3.21. The average Bonchev–Trinajstić information content (AvgIpc) is 2.28. The number of hydrogen-bond acceptors (Lipinski definition) is 3. The zero-order valence-electron chi connectivity index (χ0n) is 5.24. The van der Waals surface area contributed by atoms with Crippen molar-refractivity contribution in [2.45, 2.75) is 6.42 Å². The summed E-state index contributed by atoms with van der Waals surface area (Å²) in [4.78, 5) is 21.5. The molecule has 0 aromatic heterocycles. The van der Waals surface area contributed by atoms with Gasteiger partial charge in [0.2, 0.25) is 0 Å². The van der Waals surface area contributed by atoms with Crippen LogP contribution in [-0.4, -0.2) is 11.9 Å². The summed E-state index contributed by atoms with van der Waals surface area (Å²) in [5.41, 5.74) is 0. The maximum absolute atomic E-state index is 10.8. The van der Waals surface area contributed by atoms with Gasteiger partial charge in [-0.2, -0.15) is 0 Å². The van der Waals surface area contributed by atoms with Gasteiger partial charge in [-0.3, -0.25) is 9.59 Å². The highest BCUT2D eigenvalue weighted by Crippen LogP contribution is 2.30. The molecule has 1 aliphatic carbocycles. The second-order valence-electron chi connectivity index (χ2n) is 2.57. The Morgan fingerprint density at radius 3 is 2.20 bits per heavy atom. The van der Waals surface area contributed by atoms with E-state index in [9.17, 15) is 9.59 Å². The Morgan fingerprint density at radius 1 is 1.20 bits per heavy atom. The fraction of sp³-hybridized carbons (Fsp3) is 0.429. The highest BCUT2D eigenvalue weighted by atomic mass is 16.6. The molecule has 2 rings (SSSR count). The molecule has 1 saturated heterocycles. The Hall–Kier alpha value is -1.12. The Bertz CT molecular complexity index is 207. The monoisotopic (exact) mass is 138 g/mol. The lowest BCUT2D eigenvalue weighted by molar-refractivity contribution is -0.167. The Morgan fingerprint density at radius 2 is 1.70 bits per heavy atom. The van der Waals surface area contributed by atoms with Gasteiger partial charge in [0.15, 0.2) is 0 Å². The van der Waals surface area contributed by atoms with Gasteiger partial charge in [0.25, 0.3) is 0 Å². The van der Waals surface area contributed by atoms with Crippen molar-refractivity contribution in [2.75, 3.05) is 0 Å². The van der Waals surface area contributed by atoms with Crippen LogP contribution in [0.1, 0.15) is 6.42 Å². The number of fused-ring (bicyclic) bond motifs is 2. The third-order valence-electron chi connectivity index (χ3n) is 1.89. The number of hydrogen-bond donors (Lipinski definition) is 0. The minimum Gasteiger partial charge on any atom is -0.392 e. The van der Waals surface area contributed by atoms with Gasteiger partial charge in [-0.1, -0.05) is 12.2 Å². The Labute approximate surface area is 57.7 Å². The zero-order valence-corrected chi connectivity index (χ0v) is 5.24. The van der Waals surface area contributed by atoms with Crippen LogP contribution in [0.15, 0.2) is 12.2 Å². The topological polar surface area (TPSA) is 43.4 Å². The maximum atomic E-state index is 10.8. The van der Waals surface area contributed by atoms with Gasteiger partial charge in [0, 0.05) is 0 Å². The fourth-order valence-electron chi connectivity index (χ4n) is 1.30. The van der Waals surface area contributed by atoms with Crippen molar-refractivity contribution in [1.29, 1.82) is 0 Å². The van der Waals surface area contributed by atoms with E-state index in [1.54, 1.807) is 12.2 Å². The molecule has 0 radical (unpaired) electrons. The molecule has 3 heteroatoms. The van der Waals surface area contributed by atoms with E-state index in [0.29, 0.717) is 6.42 Å². The van der Waals surface area contributed by atoms with E-state index in [2.05, 4.69) is 4.74 Å². The largest absolute Gasteiger partial charge is 0.392 e. The minimum absolute atomic E-state index is 0.150. The van der Waals surface area contributed by atoms with Crippen LogP contribution >= 0.6 is 0 Å². The Balaban J connectivity index is 2.32. The molecule has 3 nitrogen and oxygen atoms in total. The molecule has 2 aliphatic rings. The van der Waals surface area contributed by atoms with Crippen LogP contribution in [0.3, 0.4) is 0 Å². The highest BCUT2D eigenvalue weighted by molar-refractivity contribution is 5.94. The number of rotatable bonds is 0. The molecule has 0 spiro atoms. The van der Waals surface area contributed by atoms with Crippen LogP contribution in [0.25, 0.3) is 0 Å². The first kappa shape index (κ1) is 5.65. The molecule has 10 heavy (non-hydrogen) atoms. The van der Waals surface area contributed by atoms with Crippen molar-refractivity contribution in [3.8, 4) is 0 Å². The molecule has 2 bridgehead atoms. The number of carbonyl (C=O) groups is 2. The second kappa shape index (κ2) is 1.68. The van der Waals surface area contributed by atoms with E-state index < -0.39 is 11.9 Å². The first-order valence-electron chi connectivity index (χ1n) is 3.21. The van der Waals surface area contributed by atoms with Crippen molar-refractivity contribution in [3.05, 3.63) is 12.2 Å². The third-order valence-corrected chi connectivity index (χ3v) is 1.89. The molecule has 0 aromatic rings. The molecule has 1 heterocycles. The van der Waals surface area contributed by atoms with Crippen molar-refractivity contribution in [2.24, 2.45) is 11.8 Å². The quantitative estimate of drug-likeness (QED) is 0.274. The lowest BCUT2D eigenvalue weighted by Gasteiger charge is -2.15.